The number of para-hydroxylation sites is 1. The van der Waals surface area contributed by atoms with Gasteiger partial charge in [-0.25, -0.2) is 0 Å². The molecule has 92 valence electrons. The third kappa shape index (κ3) is 1.94. The Kier molecular flexibility index (Phi) is 2.90. The summed E-state index contributed by atoms with van der Waals surface area (Å²) >= 11 is 7.41. The van der Waals surface area contributed by atoms with Crippen LogP contribution in [0.1, 0.15) is 22.2 Å². The second-order valence-corrected chi connectivity index (χ2v) is 6.01. The van der Waals surface area contributed by atoms with Gasteiger partial charge in [0.2, 0.25) is 0 Å². The highest BCUT2D eigenvalue weighted by Crippen LogP contribution is 2.32. The van der Waals surface area contributed by atoms with Crippen LogP contribution in [-0.2, 0) is 0 Å². The molecule has 0 radical (unpaired) electrons. The van der Waals surface area contributed by atoms with E-state index in [-0.39, 0.29) is 6.04 Å². The van der Waals surface area contributed by atoms with Crippen molar-refractivity contribution in [3.8, 4) is 0 Å². The molecule has 2 nitrogen and oxygen atoms in total. The number of benzene rings is 1. The van der Waals surface area contributed by atoms with E-state index in [4.69, 9.17) is 21.8 Å². The molecule has 0 amide bonds. The van der Waals surface area contributed by atoms with Crippen molar-refractivity contribution in [2.45, 2.75) is 13.0 Å². The average molecular weight is 278 g/mol. The topological polar surface area (TPSA) is 39.2 Å². The molecular formula is C14H12ClNOS. The van der Waals surface area contributed by atoms with Gasteiger partial charge < -0.3 is 10.2 Å². The predicted molar refractivity (Wildman–Crippen MR) is 76.3 cm³/mol. The number of halogens is 1. The highest BCUT2D eigenvalue weighted by atomic mass is 35.5. The van der Waals surface area contributed by atoms with Crippen molar-refractivity contribution >= 4 is 33.9 Å². The zero-order valence-electron chi connectivity index (χ0n) is 9.81. The number of rotatable bonds is 2. The molecule has 0 aliphatic heterocycles. The fourth-order valence-electron chi connectivity index (χ4n) is 2.02. The lowest BCUT2D eigenvalue weighted by Crippen LogP contribution is -2.08. The van der Waals surface area contributed by atoms with E-state index in [9.17, 15) is 0 Å². The van der Waals surface area contributed by atoms with Gasteiger partial charge in [-0.05, 0) is 30.7 Å². The molecule has 0 saturated heterocycles. The summed E-state index contributed by atoms with van der Waals surface area (Å²) in [6, 6.07) is 11.6. The molecule has 2 aromatic heterocycles. The van der Waals surface area contributed by atoms with Crippen molar-refractivity contribution in [3.63, 3.8) is 0 Å². The molecule has 0 spiro atoms. The van der Waals surface area contributed by atoms with Crippen LogP contribution >= 0.6 is 22.9 Å². The minimum Gasteiger partial charge on any atom is -0.459 e. The lowest BCUT2D eigenvalue weighted by molar-refractivity contribution is 0.526. The highest BCUT2D eigenvalue weighted by molar-refractivity contribution is 7.16. The van der Waals surface area contributed by atoms with Crippen molar-refractivity contribution in [3.05, 3.63) is 56.9 Å². The Bertz CT molecular complexity index is 701. The van der Waals surface area contributed by atoms with Crippen molar-refractivity contribution in [2.75, 3.05) is 0 Å². The van der Waals surface area contributed by atoms with Gasteiger partial charge in [0.15, 0.2) is 0 Å². The van der Waals surface area contributed by atoms with Gasteiger partial charge in [-0.2, -0.15) is 0 Å². The second-order valence-electron chi connectivity index (χ2n) is 4.26. The van der Waals surface area contributed by atoms with Gasteiger partial charge in [0.1, 0.15) is 11.3 Å². The average Bonchev–Trinajstić information content (AvgIpc) is 2.95. The largest absolute Gasteiger partial charge is 0.459 e. The van der Waals surface area contributed by atoms with Crippen molar-refractivity contribution in [2.24, 2.45) is 5.73 Å². The molecule has 3 rings (SSSR count). The van der Waals surface area contributed by atoms with E-state index in [0.717, 1.165) is 31.5 Å². The Morgan fingerprint density at radius 1 is 1.28 bits per heavy atom. The summed E-state index contributed by atoms with van der Waals surface area (Å²) in [5.41, 5.74) is 8.23. The molecule has 1 atom stereocenters. The van der Waals surface area contributed by atoms with Crippen LogP contribution in [0.4, 0.5) is 0 Å². The van der Waals surface area contributed by atoms with Crippen molar-refractivity contribution in [1.29, 1.82) is 0 Å². The number of hydrogen-bond donors (Lipinski definition) is 1. The molecule has 1 unspecified atom stereocenters. The summed E-state index contributed by atoms with van der Waals surface area (Å²) in [4.78, 5) is 1.01. The van der Waals surface area contributed by atoms with Crippen LogP contribution in [0.5, 0.6) is 0 Å². The van der Waals surface area contributed by atoms with Gasteiger partial charge in [-0.3, -0.25) is 0 Å². The first-order valence-electron chi connectivity index (χ1n) is 5.65. The van der Waals surface area contributed by atoms with Gasteiger partial charge in [0.05, 0.1) is 10.4 Å². The first-order chi connectivity index (χ1) is 8.65. The number of fused-ring (bicyclic) bond motifs is 1. The van der Waals surface area contributed by atoms with Crippen molar-refractivity contribution < 1.29 is 4.42 Å². The Hall–Kier alpha value is -1.29. The minimum absolute atomic E-state index is 0.255. The van der Waals surface area contributed by atoms with E-state index in [1.54, 1.807) is 0 Å². The third-order valence-corrected chi connectivity index (χ3v) is 4.28. The van der Waals surface area contributed by atoms with Gasteiger partial charge in [0.25, 0.3) is 0 Å². The van der Waals surface area contributed by atoms with Crippen LogP contribution in [0.25, 0.3) is 11.0 Å². The quantitative estimate of drug-likeness (QED) is 0.749. The van der Waals surface area contributed by atoms with E-state index in [2.05, 4.69) is 0 Å². The Labute approximate surface area is 114 Å². The Morgan fingerprint density at radius 3 is 2.78 bits per heavy atom. The molecule has 0 fully saturated rings. The van der Waals surface area contributed by atoms with E-state index >= 15 is 0 Å². The van der Waals surface area contributed by atoms with Gasteiger partial charge in [0, 0.05) is 10.3 Å². The van der Waals surface area contributed by atoms with Crippen LogP contribution in [0.15, 0.2) is 40.8 Å². The number of nitrogens with two attached hydrogens (primary N) is 1. The van der Waals surface area contributed by atoms with Crippen LogP contribution < -0.4 is 5.73 Å². The smallest absolute Gasteiger partial charge is 0.137 e. The first-order valence-corrected chi connectivity index (χ1v) is 6.84. The second kappa shape index (κ2) is 4.43. The van der Waals surface area contributed by atoms with Crippen molar-refractivity contribution in [1.82, 2.24) is 0 Å². The summed E-state index contributed by atoms with van der Waals surface area (Å²) in [5.74, 6) is 0.776. The van der Waals surface area contributed by atoms with Gasteiger partial charge in [-0.1, -0.05) is 29.8 Å². The number of furan rings is 1. The Morgan fingerprint density at radius 2 is 2.11 bits per heavy atom. The summed E-state index contributed by atoms with van der Waals surface area (Å²) in [5, 5.41) is 1.09. The number of aryl methyl sites for hydroxylation is 1. The summed E-state index contributed by atoms with van der Waals surface area (Å²) in [6.45, 7) is 2.03. The van der Waals surface area contributed by atoms with E-state index < -0.39 is 0 Å². The monoisotopic (exact) mass is 277 g/mol. The van der Waals surface area contributed by atoms with E-state index in [1.807, 2.05) is 43.3 Å². The number of thiophene rings is 1. The predicted octanol–water partition coefficient (Wildman–Crippen LogP) is 4.50. The lowest BCUT2D eigenvalue weighted by atomic mass is 10.1. The van der Waals surface area contributed by atoms with Crippen LogP contribution in [0.2, 0.25) is 4.34 Å². The fraction of sp³-hybridized carbons (Fsp3) is 0.143. The van der Waals surface area contributed by atoms with Crippen LogP contribution in [-0.4, -0.2) is 0 Å². The zero-order valence-corrected chi connectivity index (χ0v) is 11.4. The molecule has 2 heterocycles. The normalized spacial score (nSPS) is 13.1. The molecule has 0 aliphatic carbocycles. The molecule has 1 aromatic carbocycles. The molecule has 18 heavy (non-hydrogen) atoms. The third-order valence-electron chi connectivity index (χ3n) is 2.97. The van der Waals surface area contributed by atoms with Crippen LogP contribution in [0, 0.1) is 6.92 Å². The maximum atomic E-state index is 6.20. The summed E-state index contributed by atoms with van der Waals surface area (Å²) in [7, 11) is 0. The minimum atomic E-state index is -0.255. The number of hydrogen-bond acceptors (Lipinski definition) is 3. The Balaban J connectivity index is 2.06. The van der Waals surface area contributed by atoms with Crippen LogP contribution in [0.3, 0.4) is 0 Å². The highest BCUT2D eigenvalue weighted by Gasteiger charge is 2.16. The molecule has 2 N–H and O–H groups in total. The summed E-state index contributed by atoms with van der Waals surface area (Å²) in [6.07, 6.45) is 0. The summed E-state index contributed by atoms with van der Waals surface area (Å²) < 4.78 is 6.61. The van der Waals surface area contributed by atoms with Gasteiger partial charge in [-0.15, -0.1) is 11.3 Å². The standard InChI is InChI=1S/C14H12ClNOS/c1-8-3-2-4-9-7-10(17-14(8)9)13(16)11-5-6-12(15)18-11/h2-7,13H,16H2,1H3. The zero-order chi connectivity index (χ0) is 12.7. The molecule has 0 saturated carbocycles. The maximum Gasteiger partial charge on any atom is 0.137 e. The van der Waals surface area contributed by atoms with Gasteiger partial charge >= 0.3 is 0 Å². The molecule has 0 bridgehead atoms. The first kappa shape index (κ1) is 11.8. The SMILES string of the molecule is Cc1cccc2cc(C(N)c3ccc(Cl)s3)oc12. The maximum absolute atomic E-state index is 6.20. The fourth-order valence-corrected chi connectivity index (χ4v) is 3.09. The molecule has 4 heteroatoms. The van der Waals surface area contributed by atoms with E-state index in [1.165, 1.54) is 11.3 Å². The molecular weight excluding hydrogens is 266 g/mol. The lowest BCUT2D eigenvalue weighted by Gasteiger charge is -2.04. The molecule has 0 aliphatic rings. The molecule has 3 aromatic rings. The van der Waals surface area contributed by atoms with E-state index in [0.29, 0.717) is 0 Å².